The van der Waals surface area contributed by atoms with Gasteiger partial charge in [-0.25, -0.2) is 4.98 Å². The van der Waals surface area contributed by atoms with Crippen LogP contribution in [0.3, 0.4) is 0 Å². The van der Waals surface area contributed by atoms with Crippen LogP contribution >= 0.6 is 11.3 Å². The Morgan fingerprint density at radius 3 is 2.71 bits per heavy atom. The van der Waals surface area contributed by atoms with Gasteiger partial charge in [0.2, 0.25) is 0 Å². The quantitative estimate of drug-likeness (QED) is 0.783. The van der Waals surface area contributed by atoms with Crippen molar-refractivity contribution in [3.8, 4) is 11.5 Å². The Labute approximate surface area is 105 Å². The Balaban J connectivity index is 2.29. The van der Waals surface area contributed by atoms with Gasteiger partial charge in [0.25, 0.3) is 0 Å². The Morgan fingerprint density at radius 1 is 1.18 bits per heavy atom. The van der Waals surface area contributed by atoms with Crippen LogP contribution in [0.2, 0.25) is 0 Å². The van der Waals surface area contributed by atoms with Crippen molar-refractivity contribution in [2.75, 3.05) is 13.2 Å². The molecule has 0 saturated heterocycles. The monoisotopic (exact) mass is 250 g/mol. The van der Waals surface area contributed by atoms with Gasteiger partial charge in [-0.2, -0.15) is 0 Å². The molecule has 17 heavy (non-hydrogen) atoms. The molecular formula is C13H16NO2S. The fourth-order valence-electron chi connectivity index (χ4n) is 1.49. The zero-order chi connectivity index (χ0) is 12.1. The summed E-state index contributed by atoms with van der Waals surface area (Å²) in [6.07, 6.45) is 1.98. The maximum absolute atomic E-state index is 5.69. The average molecular weight is 250 g/mol. The van der Waals surface area contributed by atoms with E-state index in [0.29, 0.717) is 6.61 Å². The molecule has 0 atom stereocenters. The van der Waals surface area contributed by atoms with Gasteiger partial charge in [0.1, 0.15) is 17.0 Å². The normalized spacial score (nSPS) is 10.7. The van der Waals surface area contributed by atoms with Crippen LogP contribution in [0, 0.1) is 5.51 Å². The van der Waals surface area contributed by atoms with E-state index in [-0.39, 0.29) is 0 Å². The third-order valence-electron chi connectivity index (χ3n) is 2.26. The van der Waals surface area contributed by atoms with Gasteiger partial charge in [0.15, 0.2) is 5.51 Å². The lowest BCUT2D eigenvalue weighted by Gasteiger charge is -2.09. The lowest BCUT2D eigenvalue weighted by atomic mass is 10.3. The van der Waals surface area contributed by atoms with Crippen LogP contribution in [0.25, 0.3) is 10.2 Å². The van der Waals surface area contributed by atoms with Gasteiger partial charge < -0.3 is 9.47 Å². The van der Waals surface area contributed by atoms with Crippen LogP contribution in [0.15, 0.2) is 12.1 Å². The zero-order valence-corrected chi connectivity index (χ0v) is 11.0. The van der Waals surface area contributed by atoms with Crippen molar-refractivity contribution in [2.24, 2.45) is 0 Å². The first-order chi connectivity index (χ1) is 8.35. The summed E-state index contributed by atoms with van der Waals surface area (Å²) in [4.78, 5) is 4.21. The first-order valence-electron chi connectivity index (χ1n) is 5.91. The van der Waals surface area contributed by atoms with Crippen LogP contribution in [0.1, 0.15) is 26.7 Å². The van der Waals surface area contributed by atoms with Crippen molar-refractivity contribution in [2.45, 2.75) is 26.7 Å². The minimum atomic E-state index is 0.698. The van der Waals surface area contributed by atoms with Crippen LogP contribution < -0.4 is 9.47 Å². The number of fused-ring (bicyclic) bond motifs is 1. The van der Waals surface area contributed by atoms with Crippen LogP contribution in [-0.2, 0) is 0 Å². The van der Waals surface area contributed by atoms with E-state index in [2.05, 4.69) is 24.3 Å². The van der Waals surface area contributed by atoms with E-state index in [1.54, 1.807) is 0 Å². The summed E-state index contributed by atoms with van der Waals surface area (Å²) in [5.74, 6) is 1.65. The molecule has 1 radical (unpaired) electrons. The summed E-state index contributed by atoms with van der Waals surface area (Å²) in [6.45, 7) is 5.60. The number of nitrogens with zero attached hydrogens (tertiary/aromatic N) is 1. The van der Waals surface area contributed by atoms with E-state index in [0.717, 1.165) is 41.2 Å². The molecule has 2 aromatic rings. The van der Waals surface area contributed by atoms with Crippen LogP contribution in [0.4, 0.5) is 0 Å². The maximum atomic E-state index is 5.69. The Kier molecular flexibility index (Phi) is 4.20. The molecule has 0 amide bonds. The SMILES string of the molecule is CCCOc1cc(OCCC)c2n[c]sc2c1. The summed E-state index contributed by atoms with van der Waals surface area (Å²) in [5.41, 5.74) is 3.78. The average Bonchev–Trinajstić information content (AvgIpc) is 2.81. The van der Waals surface area contributed by atoms with E-state index in [1.807, 2.05) is 12.1 Å². The largest absolute Gasteiger partial charge is 0.493 e. The number of thiazole rings is 1. The number of benzene rings is 1. The van der Waals surface area contributed by atoms with Gasteiger partial charge in [-0.05, 0) is 18.9 Å². The lowest BCUT2D eigenvalue weighted by Crippen LogP contribution is -1.98. The smallest absolute Gasteiger partial charge is 0.153 e. The van der Waals surface area contributed by atoms with Gasteiger partial charge in [0.05, 0.1) is 17.9 Å². The molecule has 0 aliphatic carbocycles. The molecule has 0 aliphatic heterocycles. The van der Waals surface area contributed by atoms with E-state index >= 15 is 0 Å². The summed E-state index contributed by atoms with van der Waals surface area (Å²) in [7, 11) is 0. The number of aromatic nitrogens is 1. The van der Waals surface area contributed by atoms with Gasteiger partial charge >= 0.3 is 0 Å². The first-order valence-corrected chi connectivity index (χ1v) is 6.73. The molecule has 0 fully saturated rings. The van der Waals surface area contributed by atoms with Crippen LogP contribution in [-0.4, -0.2) is 18.2 Å². The molecule has 1 aromatic carbocycles. The second kappa shape index (κ2) is 5.87. The highest BCUT2D eigenvalue weighted by molar-refractivity contribution is 7.16. The molecule has 0 saturated carbocycles. The highest BCUT2D eigenvalue weighted by Crippen LogP contribution is 2.32. The second-order valence-electron chi connectivity index (χ2n) is 3.77. The molecule has 0 N–H and O–H groups in total. The standard InChI is InChI=1S/C13H16NO2S/c1-3-5-15-10-7-11(16-6-4-2)13-12(8-10)17-9-14-13/h7-8H,3-6H2,1-2H3. The first kappa shape index (κ1) is 12.2. The fourth-order valence-corrected chi connectivity index (χ4v) is 2.14. The van der Waals surface area contributed by atoms with E-state index in [9.17, 15) is 0 Å². The highest BCUT2D eigenvalue weighted by atomic mass is 32.1. The molecule has 91 valence electrons. The maximum Gasteiger partial charge on any atom is 0.153 e. The van der Waals surface area contributed by atoms with Crippen molar-refractivity contribution >= 4 is 21.6 Å². The molecule has 0 unspecified atom stereocenters. The lowest BCUT2D eigenvalue weighted by molar-refractivity contribution is 0.304. The Bertz CT molecular complexity index is 481. The molecule has 1 aromatic heterocycles. The van der Waals surface area contributed by atoms with Gasteiger partial charge in [-0.3, -0.25) is 0 Å². The highest BCUT2D eigenvalue weighted by Gasteiger charge is 2.08. The number of hydrogen-bond acceptors (Lipinski definition) is 4. The zero-order valence-electron chi connectivity index (χ0n) is 10.2. The van der Waals surface area contributed by atoms with Crippen molar-refractivity contribution in [3.63, 3.8) is 0 Å². The summed E-state index contributed by atoms with van der Waals surface area (Å²) >= 11 is 1.49. The van der Waals surface area contributed by atoms with Gasteiger partial charge in [-0.15, -0.1) is 11.3 Å². The van der Waals surface area contributed by atoms with E-state index in [4.69, 9.17) is 9.47 Å². The third-order valence-corrected chi connectivity index (χ3v) is 2.97. The molecule has 0 spiro atoms. The van der Waals surface area contributed by atoms with Crippen molar-refractivity contribution in [1.29, 1.82) is 0 Å². The fraction of sp³-hybridized carbons (Fsp3) is 0.462. The number of hydrogen-bond donors (Lipinski definition) is 0. The summed E-state index contributed by atoms with van der Waals surface area (Å²) < 4.78 is 12.4. The topological polar surface area (TPSA) is 31.4 Å². The molecule has 4 heteroatoms. The predicted octanol–water partition coefficient (Wildman–Crippen LogP) is 3.67. The Morgan fingerprint density at radius 2 is 1.94 bits per heavy atom. The summed E-state index contributed by atoms with van der Waals surface area (Å²) in [6, 6.07) is 3.92. The number of rotatable bonds is 6. The van der Waals surface area contributed by atoms with Crippen molar-refractivity contribution in [1.82, 2.24) is 4.98 Å². The second-order valence-corrected chi connectivity index (χ2v) is 4.60. The molecule has 2 rings (SSSR count). The van der Waals surface area contributed by atoms with Crippen molar-refractivity contribution < 1.29 is 9.47 Å². The minimum Gasteiger partial charge on any atom is -0.493 e. The van der Waals surface area contributed by atoms with E-state index in [1.165, 1.54) is 11.3 Å². The van der Waals surface area contributed by atoms with Crippen molar-refractivity contribution in [3.05, 3.63) is 17.6 Å². The molecule has 3 nitrogen and oxygen atoms in total. The third kappa shape index (κ3) is 2.88. The van der Waals surface area contributed by atoms with E-state index < -0.39 is 0 Å². The van der Waals surface area contributed by atoms with Crippen LogP contribution in [0.5, 0.6) is 11.5 Å². The summed E-state index contributed by atoms with van der Waals surface area (Å²) in [5, 5.41) is 0. The molecular weight excluding hydrogens is 234 g/mol. The molecule has 0 bridgehead atoms. The molecule has 1 heterocycles. The van der Waals surface area contributed by atoms with Gasteiger partial charge in [0, 0.05) is 6.07 Å². The molecule has 0 aliphatic rings. The number of ether oxygens (including phenoxy) is 2. The van der Waals surface area contributed by atoms with Gasteiger partial charge in [-0.1, -0.05) is 13.8 Å². The minimum absolute atomic E-state index is 0.698. The predicted molar refractivity (Wildman–Crippen MR) is 70.0 cm³/mol. The Hall–Kier alpha value is -1.29.